The smallest absolute Gasteiger partial charge is 0.252 e. The van der Waals surface area contributed by atoms with Gasteiger partial charge >= 0.3 is 0 Å². The van der Waals surface area contributed by atoms with E-state index in [-0.39, 0.29) is 24.7 Å². The number of rotatable bonds is 6. The summed E-state index contributed by atoms with van der Waals surface area (Å²) in [4.78, 5) is 12.8. The van der Waals surface area contributed by atoms with Crippen molar-refractivity contribution in [2.75, 3.05) is 13.1 Å². The van der Waals surface area contributed by atoms with Crippen LogP contribution in [0.5, 0.6) is 0 Å². The van der Waals surface area contributed by atoms with Gasteiger partial charge in [-0.05, 0) is 48.6 Å². The number of nitrogens with zero attached hydrogens (tertiary/aromatic N) is 1. The molecule has 0 radical (unpaired) electrons. The van der Waals surface area contributed by atoms with Gasteiger partial charge in [0.1, 0.15) is 10.0 Å². The quantitative estimate of drug-likeness (QED) is 0.795. The van der Waals surface area contributed by atoms with Gasteiger partial charge in [-0.15, -0.1) is 11.3 Å². The van der Waals surface area contributed by atoms with Gasteiger partial charge in [-0.25, -0.2) is 12.8 Å². The highest BCUT2D eigenvalue weighted by atomic mass is 32.2. The molecule has 0 bridgehead atoms. The maximum absolute atomic E-state index is 12.9. The van der Waals surface area contributed by atoms with E-state index in [1.165, 1.54) is 23.5 Å². The van der Waals surface area contributed by atoms with Gasteiger partial charge in [-0.1, -0.05) is 19.1 Å². The van der Waals surface area contributed by atoms with E-state index in [4.69, 9.17) is 0 Å². The van der Waals surface area contributed by atoms with Crippen molar-refractivity contribution in [3.8, 4) is 0 Å². The zero-order valence-electron chi connectivity index (χ0n) is 15.2. The van der Waals surface area contributed by atoms with Gasteiger partial charge in [-0.3, -0.25) is 4.79 Å². The van der Waals surface area contributed by atoms with E-state index in [1.54, 1.807) is 28.6 Å². The van der Waals surface area contributed by atoms with Crippen LogP contribution < -0.4 is 5.32 Å². The van der Waals surface area contributed by atoms with Gasteiger partial charge in [0.15, 0.2) is 0 Å². The summed E-state index contributed by atoms with van der Waals surface area (Å²) in [6, 6.07) is 9.14. The fraction of sp³-hybridized carbons (Fsp3) is 0.421. The first-order chi connectivity index (χ1) is 12.8. The first kappa shape index (κ1) is 20.0. The number of carbonyl (C=O) groups excluding carboxylic acids is 1. The first-order valence-electron chi connectivity index (χ1n) is 8.94. The number of hydrogen-bond donors (Lipinski definition) is 1. The molecule has 2 heterocycles. The number of benzene rings is 1. The molecule has 0 aliphatic carbocycles. The van der Waals surface area contributed by atoms with Crippen molar-refractivity contribution in [2.24, 2.45) is 5.92 Å². The lowest BCUT2D eigenvalue weighted by Gasteiger charge is -2.28. The lowest BCUT2D eigenvalue weighted by molar-refractivity contribution is -0.120. The molecule has 0 atom stereocenters. The molecule has 1 N–H and O–H groups in total. The van der Waals surface area contributed by atoms with Gasteiger partial charge in [0.25, 0.3) is 10.0 Å². The Balaban J connectivity index is 1.56. The number of sulfonamides is 1. The molecule has 0 unspecified atom stereocenters. The van der Waals surface area contributed by atoms with E-state index >= 15 is 0 Å². The number of nitrogens with one attached hydrogen (secondary N) is 1. The summed E-state index contributed by atoms with van der Waals surface area (Å²) in [5.74, 6) is 0.0331. The third kappa shape index (κ3) is 5.15. The lowest BCUT2D eigenvalue weighted by atomic mass is 10.0. The van der Waals surface area contributed by atoms with E-state index < -0.39 is 10.0 Å². The number of halogens is 1. The minimum Gasteiger partial charge on any atom is -0.351 e. The number of carbonyl (C=O) groups is 1. The van der Waals surface area contributed by atoms with Crippen molar-refractivity contribution in [1.82, 2.24) is 9.62 Å². The van der Waals surface area contributed by atoms with Crippen LogP contribution >= 0.6 is 11.3 Å². The Morgan fingerprint density at radius 2 is 1.85 bits per heavy atom. The second-order valence-corrected chi connectivity index (χ2v) is 10.2. The first-order valence-corrected chi connectivity index (χ1v) is 11.2. The van der Waals surface area contributed by atoms with E-state index in [1.807, 2.05) is 0 Å². The SMILES string of the molecule is CC1CCN(S(=O)(=O)c2ccc(CNC(=O)Cc3ccc(F)cc3)s2)CC1. The largest absolute Gasteiger partial charge is 0.351 e. The Labute approximate surface area is 163 Å². The minimum atomic E-state index is -3.45. The summed E-state index contributed by atoms with van der Waals surface area (Å²) in [5.41, 5.74) is 0.725. The van der Waals surface area contributed by atoms with E-state index in [2.05, 4.69) is 12.2 Å². The van der Waals surface area contributed by atoms with Crippen molar-refractivity contribution in [3.05, 3.63) is 52.7 Å². The van der Waals surface area contributed by atoms with Crippen molar-refractivity contribution >= 4 is 27.3 Å². The highest BCUT2D eigenvalue weighted by molar-refractivity contribution is 7.91. The monoisotopic (exact) mass is 410 g/mol. The third-order valence-corrected chi connectivity index (χ3v) is 8.16. The molecule has 146 valence electrons. The van der Waals surface area contributed by atoms with Crippen LogP contribution in [0.3, 0.4) is 0 Å². The molecule has 0 spiro atoms. The van der Waals surface area contributed by atoms with Crippen LogP contribution in [-0.2, 0) is 27.8 Å². The predicted molar refractivity (Wildman–Crippen MR) is 103 cm³/mol. The van der Waals surface area contributed by atoms with Crippen LogP contribution in [0, 0.1) is 11.7 Å². The van der Waals surface area contributed by atoms with Crippen LogP contribution in [0.1, 0.15) is 30.2 Å². The highest BCUT2D eigenvalue weighted by Gasteiger charge is 2.29. The standard InChI is InChI=1S/C19H23FN2O3S2/c1-14-8-10-22(11-9-14)27(24,25)19-7-6-17(26-19)13-21-18(23)12-15-2-4-16(20)5-3-15/h2-7,14H,8-13H2,1H3,(H,21,23). The second-order valence-electron chi connectivity index (χ2n) is 6.89. The highest BCUT2D eigenvalue weighted by Crippen LogP contribution is 2.28. The summed E-state index contributed by atoms with van der Waals surface area (Å²) in [5, 5.41) is 2.78. The Morgan fingerprint density at radius 3 is 2.52 bits per heavy atom. The molecular weight excluding hydrogens is 387 g/mol. The summed E-state index contributed by atoms with van der Waals surface area (Å²) in [6.45, 7) is 3.54. The molecule has 1 fully saturated rings. The van der Waals surface area contributed by atoms with Gasteiger partial charge in [0.2, 0.25) is 5.91 Å². The predicted octanol–water partition coefficient (Wildman–Crippen LogP) is 3.17. The number of amides is 1. The second kappa shape index (κ2) is 8.50. The zero-order valence-corrected chi connectivity index (χ0v) is 16.8. The van der Waals surface area contributed by atoms with Crippen molar-refractivity contribution < 1.29 is 17.6 Å². The van der Waals surface area contributed by atoms with Gasteiger partial charge in [0.05, 0.1) is 13.0 Å². The third-order valence-electron chi connectivity index (χ3n) is 4.71. The van der Waals surface area contributed by atoms with Crippen LogP contribution in [-0.4, -0.2) is 31.7 Å². The molecular formula is C19H23FN2O3S2. The molecule has 0 saturated carbocycles. The van der Waals surface area contributed by atoms with E-state index in [0.29, 0.717) is 23.2 Å². The summed E-state index contributed by atoms with van der Waals surface area (Å²) in [7, 11) is -3.45. The van der Waals surface area contributed by atoms with Crippen molar-refractivity contribution in [1.29, 1.82) is 0 Å². The summed E-state index contributed by atoms with van der Waals surface area (Å²) in [6.07, 6.45) is 1.93. The molecule has 1 aromatic heterocycles. The van der Waals surface area contributed by atoms with Crippen LogP contribution in [0.2, 0.25) is 0 Å². The molecule has 1 aliphatic heterocycles. The minimum absolute atomic E-state index is 0.156. The molecule has 1 amide bonds. The molecule has 5 nitrogen and oxygen atoms in total. The van der Waals surface area contributed by atoms with Crippen LogP contribution in [0.25, 0.3) is 0 Å². The molecule has 1 aliphatic rings. The number of piperidine rings is 1. The van der Waals surface area contributed by atoms with Crippen LogP contribution in [0.4, 0.5) is 4.39 Å². The topological polar surface area (TPSA) is 66.5 Å². The Hall–Kier alpha value is -1.77. The fourth-order valence-corrected chi connectivity index (χ4v) is 5.90. The van der Waals surface area contributed by atoms with E-state index in [0.717, 1.165) is 23.3 Å². The maximum atomic E-state index is 12.9. The van der Waals surface area contributed by atoms with Gasteiger partial charge in [-0.2, -0.15) is 4.31 Å². The Morgan fingerprint density at radius 1 is 1.19 bits per heavy atom. The normalized spacial score (nSPS) is 16.4. The van der Waals surface area contributed by atoms with E-state index in [9.17, 15) is 17.6 Å². The number of thiophene rings is 1. The average molecular weight is 411 g/mol. The molecule has 1 saturated heterocycles. The molecule has 2 aromatic rings. The molecule has 8 heteroatoms. The van der Waals surface area contributed by atoms with Crippen molar-refractivity contribution in [3.63, 3.8) is 0 Å². The fourth-order valence-electron chi connectivity index (χ4n) is 2.98. The number of hydrogen-bond acceptors (Lipinski definition) is 4. The van der Waals surface area contributed by atoms with Gasteiger partial charge in [0, 0.05) is 18.0 Å². The molecule has 27 heavy (non-hydrogen) atoms. The van der Waals surface area contributed by atoms with Gasteiger partial charge < -0.3 is 5.32 Å². The summed E-state index contributed by atoms with van der Waals surface area (Å²) < 4.78 is 40.2. The van der Waals surface area contributed by atoms with Crippen molar-refractivity contribution in [2.45, 2.75) is 36.9 Å². The molecule has 3 rings (SSSR count). The lowest BCUT2D eigenvalue weighted by Crippen LogP contribution is -2.37. The van der Waals surface area contributed by atoms with Crippen LogP contribution in [0.15, 0.2) is 40.6 Å². The zero-order chi connectivity index (χ0) is 19.4. The maximum Gasteiger partial charge on any atom is 0.252 e. The summed E-state index contributed by atoms with van der Waals surface area (Å²) >= 11 is 1.19. The average Bonchev–Trinajstić information content (AvgIpc) is 3.12. The molecule has 1 aromatic carbocycles. The Bertz CT molecular complexity index is 886. The Kier molecular flexibility index (Phi) is 6.29.